The molecule has 0 aliphatic rings. The first-order valence-electron chi connectivity index (χ1n) is 7.24. The fourth-order valence-corrected chi connectivity index (χ4v) is 4.66. The lowest BCUT2D eigenvalue weighted by Gasteiger charge is -2.12. The van der Waals surface area contributed by atoms with Gasteiger partial charge in [-0.2, -0.15) is 0 Å². The highest BCUT2D eigenvalue weighted by molar-refractivity contribution is 7.28. The summed E-state index contributed by atoms with van der Waals surface area (Å²) < 4.78 is 2.95. The van der Waals surface area contributed by atoms with Crippen molar-refractivity contribution in [3.63, 3.8) is 0 Å². The molecule has 90 valence electrons. The largest absolute Gasteiger partial charge is 0.140 e. The van der Waals surface area contributed by atoms with Gasteiger partial charge in [0.15, 0.2) is 0 Å². The number of hydrogen-bond acceptors (Lipinski definition) is 1. The smallest absolute Gasteiger partial charge is 0.136 e. The minimum atomic E-state index is 1.41. The van der Waals surface area contributed by atoms with E-state index < -0.39 is 0 Å². The molecule has 0 N–H and O–H groups in total. The van der Waals surface area contributed by atoms with E-state index in [0.29, 0.717) is 0 Å². The van der Waals surface area contributed by atoms with Gasteiger partial charge in [0.05, 0.1) is 0 Å². The lowest BCUT2D eigenvalue weighted by molar-refractivity contribution is 2.09. The van der Waals surface area contributed by atoms with E-state index in [1.54, 1.807) is 0 Å². The van der Waals surface area contributed by atoms with Gasteiger partial charge in [0.25, 0.3) is 0 Å². The van der Waals surface area contributed by atoms with Gasteiger partial charge in [0.2, 0.25) is 0 Å². The van der Waals surface area contributed by atoms with Gasteiger partial charge in [-0.25, -0.2) is 0 Å². The summed E-state index contributed by atoms with van der Waals surface area (Å²) in [6.07, 6.45) is 0. The van der Waals surface area contributed by atoms with Gasteiger partial charge in [-0.3, -0.25) is 0 Å². The van der Waals surface area contributed by atoms with Crippen LogP contribution in [0.3, 0.4) is 0 Å². The second kappa shape index (κ2) is 4.56. The van der Waals surface area contributed by atoms with E-state index in [4.69, 9.17) is 0 Å². The van der Waals surface area contributed by atoms with Gasteiger partial charge in [-0.1, -0.05) is 33.4 Å². The Morgan fingerprint density at radius 2 is 1.15 bits per heavy atom. The number of hydrogen-bond donors (Lipinski definition) is 0. The van der Waals surface area contributed by atoms with Crippen LogP contribution in [-0.2, 0) is 0 Å². The number of fused-ring (bicyclic) bond motifs is 3. The van der Waals surface area contributed by atoms with Crippen molar-refractivity contribution < 1.29 is 0 Å². The molecule has 0 fully saturated rings. The quantitative estimate of drug-likeness (QED) is 0.355. The summed E-state index contributed by atoms with van der Waals surface area (Å²) in [7, 11) is 15.8. The molecule has 0 nitrogen and oxygen atoms in total. The van der Waals surface area contributed by atoms with Crippen molar-refractivity contribution in [2.24, 2.45) is 0 Å². The first-order chi connectivity index (χ1) is 9.34. The molecule has 0 saturated heterocycles. The highest BCUT2D eigenvalue weighted by Crippen LogP contribution is 2.28. The normalized spacial score (nSPS) is 11.4. The molecule has 0 radical (unpaired) electrons. The Morgan fingerprint density at radius 1 is 0.600 bits per heavy atom. The van der Waals surface area contributed by atoms with Gasteiger partial charge in [-0.05, 0) is 10.8 Å². The molecule has 1 heterocycles. The van der Waals surface area contributed by atoms with E-state index in [2.05, 4.69) is 61.0 Å². The lowest BCUT2D eigenvalue weighted by Crippen LogP contribution is -2.47. The summed E-state index contributed by atoms with van der Waals surface area (Å²) in [6, 6.07) is 2.39. The van der Waals surface area contributed by atoms with E-state index in [0.717, 1.165) is 0 Å². The Morgan fingerprint density at radius 3 is 1.80 bits per heavy atom. The van der Waals surface area contributed by atoms with E-state index in [1.165, 1.54) is 58.4 Å². The zero-order valence-electron chi connectivity index (χ0n) is 13.5. The average molecular weight is 267 g/mol. The van der Waals surface area contributed by atoms with Crippen LogP contribution in [0.5, 0.6) is 0 Å². The van der Waals surface area contributed by atoms with E-state index >= 15 is 0 Å². The molecule has 8 heteroatoms. The van der Waals surface area contributed by atoms with Crippen LogP contribution in [0.2, 0.25) is 0 Å². The summed E-state index contributed by atoms with van der Waals surface area (Å²) in [5.74, 6) is 0. The maximum Gasteiger partial charge on any atom is 0.140 e. The van der Waals surface area contributed by atoms with Crippen molar-refractivity contribution in [3.05, 3.63) is 6.07 Å². The Bertz CT molecular complexity index is 881. The Balaban J connectivity index is 2.67. The van der Waals surface area contributed by atoms with Crippen LogP contribution in [0.15, 0.2) is 6.07 Å². The predicted octanol–water partition coefficient (Wildman–Crippen LogP) is -8.14. The molecule has 1 aromatic heterocycles. The summed E-state index contributed by atoms with van der Waals surface area (Å²) in [5, 5.41) is 2.94. The van der Waals surface area contributed by atoms with Crippen LogP contribution >= 0.6 is 11.3 Å². The fraction of sp³-hybridized carbons (Fsp3) is 0. The van der Waals surface area contributed by atoms with E-state index in [9.17, 15) is 0 Å². The van der Waals surface area contributed by atoms with Crippen molar-refractivity contribution in [3.8, 4) is 0 Å². The van der Waals surface area contributed by atoms with Crippen LogP contribution < -0.4 is 38.2 Å². The summed E-state index contributed by atoms with van der Waals surface area (Å²) in [4.78, 5) is 0. The minimum absolute atomic E-state index is 1.41. The molecule has 0 bridgehead atoms. The topological polar surface area (TPSA) is 0 Å². The molecule has 3 aromatic rings. The van der Waals surface area contributed by atoms with Crippen LogP contribution in [-0.4, -0.2) is 54.9 Å². The molecular weight excluding hydrogens is 252 g/mol. The van der Waals surface area contributed by atoms with Gasteiger partial charge in [0.1, 0.15) is 54.9 Å². The summed E-state index contributed by atoms with van der Waals surface area (Å²) in [6.45, 7) is 0. The molecule has 3 rings (SSSR count). The fourth-order valence-electron chi connectivity index (χ4n) is 3.21. The molecule has 0 amide bonds. The van der Waals surface area contributed by atoms with Crippen molar-refractivity contribution in [2.45, 2.75) is 0 Å². The monoisotopic (exact) mass is 268 g/mol. The van der Waals surface area contributed by atoms with Crippen molar-refractivity contribution in [1.29, 1.82) is 0 Å². The number of benzene rings is 2. The molecular formula is C12H15B7S. The molecule has 0 atom stereocenters. The second-order valence-corrected chi connectivity index (χ2v) is 7.15. The van der Waals surface area contributed by atoms with Gasteiger partial charge < -0.3 is 0 Å². The standard InChI is InChI=1S/C12H15B7S/c13-3-1-2-4-6(15)7(16)8(17)10(19)12(4)20-11(2)9(18)5(3)14/h1H,13-19H2. The predicted molar refractivity (Wildman–Crippen MR) is 117 cm³/mol. The third-order valence-corrected chi connectivity index (χ3v) is 6.65. The van der Waals surface area contributed by atoms with Crippen molar-refractivity contribution in [2.75, 3.05) is 0 Å². The summed E-state index contributed by atoms with van der Waals surface area (Å²) in [5.41, 5.74) is 10.1. The van der Waals surface area contributed by atoms with Crippen LogP contribution in [0, 0.1) is 0 Å². The van der Waals surface area contributed by atoms with Crippen LogP contribution in [0.25, 0.3) is 20.2 Å². The molecule has 0 spiro atoms. The summed E-state index contributed by atoms with van der Waals surface area (Å²) >= 11 is 1.97. The average Bonchev–Trinajstić information content (AvgIpc) is 2.80. The third-order valence-electron chi connectivity index (χ3n) is 5.20. The lowest BCUT2D eigenvalue weighted by atomic mass is 9.65. The maximum atomic E-state index is 2.39. The van der Waals surface area contributed by atoms with E-state index in [1.807, 2.05) is 11.3 Å². The molecule has 20 heavy (non-hydrogen) atoms. The molecule has 0 aliphatic carbocycles. The first kappa shape index (κ1) is 14.1. The molecule has 0 aliphatic heterocycles. The second-order valence-electron chi connectivity index (χ2n) is 6.13. The SMILES string of the molecule is Bc1cc2c(sc3c(B)c(B)c(B)c(B)c32)c(B)c1B. The van der Waals surface area contributed by atoms with Crippen molar-refractivity contribution in [1.82, 2.24) is 0 Å². The van der Waals surface area contributed by atoms with Gasteiger partial charge in [-0.15, -0.1) is 22.3 Å². The Labute approximate surface area is 130 Å². The molecule has 0 unspecified atom stereocenters. The number of rotatable bonds is 0. The van der Waals surface area contributed by atoms with Crippen LogP contribution in [0.1, 0.15) is 0 Å². The Kier molecular flexibility index (Phi) is 3.21. The zero-order chi connectivity index (χ0) is 14.8. The van der Waals surface area contributed by atoms with Crippen molar-refractivity contribution >= 4 is 125 Å². The van der Waals surface area contributed by atoms with E-state index in [-0.39, 0.29) is 0 Å². The third kappa shape index (κ3) is 1.70. The zero-order valence-corrected chi connectivity index (χ0v) is 14.3. The molecule has 2 aromatic carbocycles. The number of thiophene rings is 1. The highest BCUT2D eigenvalue weighted by atomic mass is 32.1. The van der Waals surface area contributed by atoms with Gasteiger partial charge >= 0.3 is 0 Å². The van der Waals surface area contributed by atoms with Crippen LogP contribution in [0.4, 0.5) is 0 Å². The highest BCUT2D eigenvalue weighted by Gasteiger charge is 2.16. The molecule has 0 saturated carbocycles. The van der Waals surface area contributed by atoms with Gasteiger partial charge in [0, 0.05) is 9.40 Å². The Hall–Kier alpha value is -0.885. The first-order valence-corrected chi connectivity index (χ1v) is 8.05. The minimum Gasteiger partial charge on any atom is -0.136 e. The maximum absolute atomic E-state index is 2.39.